The molecular formula is C12H20N2. The minimum absolute atomic E-state index is 0.726. The maximum Gasteiger partial charge on any atom is 0.0231 e. The van der Waals surface area contributed by atoms with Crippen molar-refractivity contribution in [3.8, 4) is 0 Å². The Labute approximate surface area is 86.7 Å². The molecule has 2 N–H and O–H groups in total. The Balaban J connectivity index is 2.50. The Kier molecular flexibility index (Phi) is 4.63. The number of rotatable bonds is 5. The summed E-state index contributed by atoms with van der Waals surface area (Å²) in [5.41, 5.74) is 8.24. The van der Waals surface area contributed by atoms with Crippen LogP contribution in [0, 0.1) is 0 Å². The number of nitrogens with two attached hydrogens (primary N) is 1. The second-order valence-electron chi connectivity index (χ2n) is 3.70. The van der Waals surface area contributed by atoms with Gasteiger partial charge in [0.15, 0.2) is 0 Å². The van der Waals surface area contributed by atoms with Crippen molar-refractivity contribution in [2.75, 3.05) is 20.1 Å². The van der Waals surface area contributed by atoms with Gasteiger partial charge in [0.2, 0.25) is 0 Å². The van der Waals surface area contributed by atoms with Gasteiger partial charge in [0.05, 0.1) is 0 Å². The van der Waals surface area contributed by atoms with E-state index in [9.17, 15) is 0 Å². The molecule has 2 heteroatoms. The summed E-state index contributed by atoms with van der Waals surface area (Å²) in [6.07, 6.45) is 1.11. The molecule has 14 heavy (non-hydrogen) atoms. The van der Waals surface area contributed by atoms with Crippen LogP contribution in [-0.2, 0) is 13.0 Å². The molecule has 0 amide bonds. The lowest BCUT2D eigenvalue weighted by Gasteiger charge is -2.15. The standard InChI is InChI=1S/C12H20N2/c1-3-11-4-6-12(7-5-11)10-14(2)9-8-13/h4-7H,3,8-10,13H2,1-2H3. The van der Waals surface area contributed by atoms with Gasteiger partial charge in [0.1, 0.15) is 0 Å². The van der Waals surface area contributed by atoms with Crippen molar-refractivity contribution in [2.45, 2.75) is 19.9 Å². The fraction of sp³-hybridized carbons (Fsp3) is 0.500. The maximum atomic E-state index is 5.49. The number of nitrogens with zero attached hydrogens (tertiary/aromatic N) is 1. The van der Waals surface area contributed by atoms with Gasteiger partial charge < -0.3 is 10.6 Å². The average Bonchev–Trinajstić information content (AvgIpc) is 2.19. The van der Waals surface area contributed by atoms with Gasteiger partial charge in [0, 0.05) is 19.6 Å². The highest BCUT2D eigenvalue weighted by molar-refractivity contribution is 5.22. The Morgan fingerprint density at radius 1 is 1.14 bits per heavy atom. The minimum Gasteiger partial charge on any atom is -0.329 e. The zero-order valence-corrected chi connectivity index (χ0v) is 9.16. The van der Waals surface area contributed by atoms with Gasteiger partial charge in [-0.05, 0) is 24.6 Å². The lowest BCUT2D eigenvalue weighted by Crippen LogP contribution is -2.24. The first-order chi connectivity index (χ1) is 6.76. The van der Waals surface area contributed by atoms with E-state index in [-0.39, 0.29) is 0 Å². The number of hydrogen-bond acceptors (Lipinski definition) is 2. The monoisotopic (exact) mass is 192 g/mol. The summed E-state index contributed by atoms with van der Waals surface area (Å²) < 4.78 is 0. The molecule has 0 fully saturated rings. The van der Waals surface area contributed by atoms with E-state index in [0.717, 1.165) is 26.1 Å². The van der Waals surface area contributed by atoms with E-state index in [1.54, 1.807) is 0 Å². The zero-order valence-electron chi connectivity index (χ0n) is 9.16. The zero-order chi connectivity index (χ0) is 10.4. The molecule has 0 atom stereocenters. The lowest BCUT2D eigenvalue weighted by atomic mass is 10.1. The van der Waals surface area contributed by atoms with Crippen LogP contribution in [0.25, 0.3) is 0 Å². The molecule has 0 aromatic heterocycles. The van der Waals surface area contributed by atoms with E-state index in [0.29, 0.717) is 0 Å². The van der Waals surface area contributed by atoms with E-state index < -0.39 is 0 Å². The largest absolute Gasteiger partial charge is 0.329 e. The normalized spacial score (nSPS) is 10.9. The van der Waals surface area contributed by atoms with Gasteiger partial charge >= 0.3 is 0 Å². The molecule has 0 saturated carbocycles. The van der Waals surface area contributed by atoms with Gasteiger partial charge in [-0.1, -0.05) is 31.2 Å². The summed E-state index contributed by atoms with van der Waals surface area (Å²) in [5.74, 6) is 0. The summed E-state index contributed by atoms with van der Waals surface area (Å²) in [6.45, 7) is 4.84. The smallest absolute Gasteiger partial charge is 0.0231 e. The number of aryl methyl sites for hydroxylation is 1. The Bertz CT molecular complexity index is 254. The molecule has 0 aliphatic carbocycles. The molecule has 0 heterocycles. The highest BCUT2D eigenvalue weighted by Crippen LogP contribution is 2.06. The molecule has 0 aliphatic heterocycles. The Morgan fingerprint density at radius 2 is 1.71 bits per heavy atom. The van der Waals surface area contributed by atoms with E-state index in [1.165, 1.54) is 11.1 Å². The van der Waals surface area contributed by atoms with Crippen LogP contribution < -0.4 is 5.73 Å². The molecule has 0 saturated heterocycles. The van der Waals surface area contributed by atoms with Crippen molar-refractivity contribution in [1.29, 1.82) is 0 Å². The fourth-order valence-electron chi connectivity index (χ4n) is 1.49. The van der Waals surface area contributed by atoms with Crippen LogP contribution in [0.5, 0.6) is 0 Å². The molecule has 0 aliphatic rings. The van der Waals surface area contributed by atoms with Crippen LogP contribution in [-0.4, -0.2) is 25.0 Å². The van der Waals surface area contributed by atoms with Crippen LogP contribution in [0.1, 0.15) is 18.1 Å². The molecule has 0 bridgehead atoms. The highest BCUT2D eigenvalue weighted by Gasteiger charge is 1.98. The van der Waals surface area contributed by atoms with E-state index in [1.807, 2.05) is 0 Å². The average molecular weight is 192 g/mol. The summed E-state index contributed by atoms with van der Waals surface area (Å²) in [4.78, 5) is 2.24. The van der Waals surface area contributed by atoms with Crippen LogP contribution in [0.15, 0.2) is 24.3 Å². The second-order valence-corrected chi connectivity index (χ2v) is 3.70. The summed E-state index contributed by atoms with van der Waals surface area (Å²) >= 11 is 0. The third kappa shape index (κ3) is 3.48. The molecule has 78 valence electrons. The van der Waals surface area contributed by atoms with Crippen LogP contribution in [0.3, 0.4) is 0 Å². The first-order valence-corrected chi connectivity index (χ1v) is 5.22. The number of likely N-dealkylation sites (N-methyl/N-ethyl adjacent to an activating group) is 1. The van der Waals surface area contributed by atoms with E-state index in [4.69, 9.17) is 5.73 Å². The van der Waals surface area contributed by atoms with Crippen LogP contribution in [0.2, 0.25) is 0 Å². The predicted octanol–water partition coefficient (Wildman–Crippen LogP) is 1.64. The van der Waals surface area contributed by atoms with Gasteiger partial charge in [-0.3, -0.25) is 0 Å². The summed E-state index contributed by atoms with van der Waals surface area (Å²) in [6, 6.07) is 8.80. The molecule has 0 unspecified atom stereocenters. The molecule has 1 aromatic rings. The van der Waals surface area contributed by atoms with E-state index >= 15 is 0 Å². The minimum atomic E-state index is 0.726. The van der Waals surface area contributed by atoms with Gasteiger partial charge in [-0.15, -0.1) is 0 Å². The third-order valence-corrected chi connectivity index (χ3v) is 2.39. The third-order valence-electron chi connectivity index (χ3n) is 2.39. The maximum absolute atomic E-state index is 5.49. The topological polar surface area (TPSA) is 29.3 Å². The van der Waals surface area contributed by atoms with E-state index in [2.05, 4.69) is 43.1 Å². The van der Waals surface area contributed by atoms with Gasteiger partial charge in [-0.2, -0.15) is 0 Å². The predicted molar refractivity (Wildman–Crippen MR) is 61.2 cm³/mol. The van der Waals surface area contributed by atoms with Crippen molar-refractivity contribution < 1.29 is 0 Å². The molecule has 1 aromatic carbocycles. The van der Waals surface area contributed by atoms with Gasteiger partial charge in [0.25, 0.3) is 0 Å². The van der Waals surface area contributed by atoms with Crippen LogP contribution in [0.4, 0.5) is 0 Å². The van der Waals surface area contributed by atoms with Crippen LogP contribution >= 0.6 is 0 Å². The van der Waals surface area contributed by atoms with Crippen molar-refractivity contribution in [2.24, 2.45) is 5.73 Å². The quantitative estimate of drug-likeness (QED) is 0.768. The molecule has 2 nitrogen and oxygen atoms in total. The SMILES string of the molecule is CCc1ccc(CN(C)CCN)cc1. The first kappa shape index (κ1) is 11.2. The number of hydrogen-bond donors (Lipinski definition) is 1. The fourth-order valence-corrected chi connectivity index (χ4v) is 1.49. The van der Waals surface area contributed by atoms with Crippen molar-refractivity contribution in [3.63, 3.8) is 0 Å². The second kappa shape index (κ2) is 5.78. The Morgan fingerprint density at radius 3 is 2.21 bits per heavy atom. The lowest BCUT2D eigenvalue weighted by molar-refractivity contribution is 0.336. The first-order valence-electron chi connectivity index (χ1n) is 5.22. The van der Waals surface area contributed by atoms with Crippen molar-refractivity contribution in [1.82, 2.24) is 4.90 Å². The summed E-state index contributed by atoms with van der Waals surface area (Å²) in [7, 11) is 2.10. The number of benzene rings is 1. The Hall–Kier alpha value is -0.860. The molecule has 0 spiro atoms. The molecule has 1 rings (SSSR count). The van der Waals surface area contributed by atoms with Crippen molar-refractivity contribution >= 4 is 0 Å². The van der Waals surface area contributed by atoms with Crippen molar-refractivity contribution in [3.05, 3.63) is 35.4 Å². The highest BCUT2D eigenvalue weighted by atomic mass is 15.1. The molecule has 0 radical (unpaired) electrons. The molecular weight excluding hydrogens is 172 g/mol. The summed E-state index contributed by atoms with van der Waals surface area (Å²) in [5, 5.41) is 0. The van der Waals surface area contributed by atoms with Gasteiger partial charge in [-0.25, -0.2) is 0 Å².